The Balaban J connectivity index is 2.82. The van der Waals surface area contributed by atoms with E-state index in [1.54, 1.807) is 0 Å². The Morgan fingerprint density at radius 2 is 2.29 bits per heavy atom. The van der Waals surface area contributed by atoms with Gasteiger partial charge in [-0.25, -0.2) is 9.78 Å². The number of carboxylic acids is 1. The summed E-state index contributed by atoms with van der Waals surface area (Å²) in [6.45, 7) is 1.46. The summed E-state index contributed by atoms with van der Waals surface area (Å²) in [4.78, 5) is 25.1. The third-order valence-electron chi connectivity index (χ3n) is 1.73. The van der Waals surface area contributed by atoms with E-state index in [9.17, 15) is 9.59 Å². The normalized spacial score (nSPS) is 9.24. The first kappa shape index (κ1) is 13.1. The second-order valence-corrected chi connectivity index (χ2v) is 4.20. The molecule has 0 fully saturated rings. The summed E-state index contributed by atoms with van der Waals surface area (Å²) in [6.07, 6.45) is 1.40. The molecule has 0 bridgehead atoms. The van der Waals surface area contributed by atoms with Gasteiger partial charge in [-0.2, -0.15) is 0 Å². The van der Waals surface area contributed by atoms with Crippen molar-refractivity contribution in [3.8, 4) is 11.8 Å². The summed E-state index contributed by atoms with van der Waals surface area (Å²) in [5.41, 5.74) is 5.78. The van der Waals surface area contributed by atoms with E-state index in [2.05, 4.69) is 16.8 Å². The van der Waals surface area contributed by atoms with Gasteiger partial charge in [0.2, 0.25) is 0 Å². The molecule has 6 heteroatoms. The second kappa shape index (κ2) is 5.92. The molecule has 0 amide bonds. The van der Waals surface area contributed by atoms with Gasteiger partial charge in [0.15, 0.2) is 5.12 Å². The predicted octanol–water partition coefficient (Wildman–Crippen LogP) is 0.993. The van der Waals surface area contributed by atoms with Crippen molar-refractivity contribution in [1.29, 1.82) is 0 Å². The quantitative estimate of drug-likeness (QED) is 0.760. The second-order valence-electron chi connectivity index (χ2n) is 3.04. The van der Waals surface area contributed by atoms with Crippen LogP contribution in [-0.4, -0.2) is 26.9 Å². The Kier molecular flexibility index (Phi) is 4.55. The molecule has 0 radical (unpaired) electrons. The number of aromatic nitrogens is 1. The van der Waals surface area contributed by atoms with E-state index in [0.717, 1.165) is 11.8 Å². The Bertz CT molecular complexity index is 517. The van der Waals surface area contributed by atoms with Crippen LogP contribution < -0.4 is 5.73 Å². The van der Waals surface area contributed by atoms with Crippen molar-refractivity contribution in [3.05, 3.63) is 23.4 Å². The molecule has 1 aromatic rings. The number of hydrogen-bond donors (Lipinski definition) is 2. The maximum absolute atomic E-state index is 10.8. The van der Waals surface area contributed by atoms with E-state index in [1.807, 2.05) is 0 Å². The molecule has 88 valence electrons. The van der Waals surface area contributed by atoms with Crippen LogP contribution in [0.15, 0.2) is 12.3 Å². The Morgan fingerprint density at radius 1 is 1.59 bits per heavy atom. The molecule has 0 aliphatic rings. The number of nitrogens with two attached hydrogens (primary N) is 1. The van der Waals surface area contributed by atoms with Crippen molar-refractivity contribution >= 4 is 28.7 Å². The number of carbonyl (C=O) groups excluding carboxylic acids is 1. The summed E-state index contributed by atoms with van der Waals surface area (Å²) in [5, 5.41) is 8.80. The summed E-state index contributed by atoms with van der Waals surface area (Å²) in [7, 11) is 0. The molecule has 1 heterocycles. The Hall–Kier alpha value is -2.00. The number of carbonyl (C=O) groups is 2. The summed E-state index contributed by atoms with van der Waals surface area (Å²) in [6, 6.07) is 1.36. The standard InChI is InChI=1S/C11H10N2O3S/c1-7(14)17-4-2-3-8-5-9(11(15)16)10(12)13-6-8/h5-6H,4H2,1H3,(H2,12,13)(H,15,16). The number of rotatable bonds is 2. The zero-order valence-corrected chi connectivity index (χ0v) is 9.87. The first-order chi connectivity index (χ1) is 8.00. The molecular weight excluding hydrogens is 240 g/mol. The van der Waals surface area contributed by atoms with Gasteiger partial charge in [-0.05, 0) is 6.07 Å². The van der Waals surface area contributed by atoms with Crippen LogP contribution in [0.5, 0.6) is 0 Å². The van der Waals surface area contributed by atoms with Crippen LogP contribution in [0.1, 0.15) is 22.8 Å². The topological polar surface area (TPSA) is 93.3 Å². The minimum absolute atomic E-state index is 0.0130. The summed E-state index contributed by atoms with van der Waals surface area (Å²) < 4.78 is 0. The zero-order chi connectivity index (χ0) is 12.8. The van der Waals surface area contributed by atoms with E-state index in [4.69, 9.17) is 10.8 Å². The third kappa shape index (κ3) is 4.17. The van der Waals surface area contributed by atoms with Crippen LogP contribution in [0.3, 0.4) is 0 Å². The van der Waals surface area contributed by atoms with Gasteiger partial charge in [0.25, 0.3) is 0 Å². The number of hydrogen-bond acceptors (Lipinski definition) is 5. The fourth-order valence-electron chi connectivity index (χ4n) is 0.991. The van der Waals surface area contributed by atoms with Crippen molar-refractivity contribution in [2.24, 2.45) is 0 Å². The lowest BCUT2D eigenvalue weighted by molar-refractivity contribution is -0.109. The first-order valence-electron chi connectivity index (χ1n) is 4.61. The van der Waals surface area contributed by atoms with Crippen LogP contribution in [0.2, 0.25) is 0 Å². The number of carboxylic acid groups (broad SMARTS) is 1. The lowest BCUT2D eigenvalue weighted by Gasteiger charge is -1.99. The Morgan fingerprint density at radius 3 is 2.88 bits per heavy atom. The average molecular weight is 250 g/mol. The molecule has 1 rings (SSSR count). The largest absolute Gasteiger partial charge is 0.478 e. The molecular formula is C11H10N2O3S. The molecule has 0 atom stereocenters. The van der Waals surface area contributed by atoms with E-state index in [0.29, 0.717) is 11.3 Å². The molecule has 1 aromatic heterocycles. The minimum Gasteiger partial charge on any atom is -0.478 e. The fourth-order valence-corrected chi connectivity index (χ4v) is 1.34. The van der Waals surface area contributed by atoms with Gasteiger partial charge in [0.1, 0.15) is 11.4 Å². The number of nitrogens with zero attached hydrogens (tertiary/aromatic N) is 1. The molecule has 0 saturated heterocycles. The van der Waals surface area contributed by atoms with Crippen LogP contribution in [0.25, 0.3) is 0 Å². The molecule has 0 aliphatic heterocycles. The van der Waals surface area contributed by atoms with Gasteiger partial charge in [-0.3, -0.25) is 4.79 Å². The van der Waals surface area contributed by atoms with Gasteiger partial charge in [-0.1, -0.05) is 23.6 Å². The van der Waals surface area contributed by atoms with Gasteiger partial charge in [0.05, 0.1) is 5.75 Å². The fraction of sp³-hybridized carbons (Fsp3) is 0.182. The highest BCUT2D eigenvalue weighted by atomic mass is 32.2. The lowest BCUT2D eigenvalue weighted by Crippen LogP contribution is -2.04. The van der Waals surface area contributed by atoms with E-state index >= 15 is 0 Å². The van der Waals surface area contributed by atoms with Gasteiger partial charge in [-0.15, -0.1) is 0 Å². The molecule has 17 heavy (non-hydrogen) atoms. The number of thioether (sulfide) groups is 1. The molecule has 3 N–H and O–H groups in total. The van der Waals surface area contributed by atoms with Gasteiger partial charge < -0.3 is 10.8 Å². The zero-order valence-electron chi connectivity index (χ0n) is 9.06. The molecule has 0 aromatic carbocycles. The minimum atomic E-state index is -1.14. The number of nitrogen functional groups attached to an aromatic ring is 1. The summed E-state index contributed by atoms with van der Waals surface area (Å²) in [5.74, 6) is 4.64. The van der Waals surface area contributed by atoms with E-state index in [-0.39, 0.29) is 16.5 Å². The van der Waals surface area contributed by atoms with Crippen molar-refractivity contribution in [2.75, 3.05) is 11.5 Å². The highest BCUT2D eigenvalue weighted by Crippen LogP contribution is 2.10. The van der Waals surface area contributed by atoms with Crippen LogP contribution in [0, 0.1) is 11.8 Å². The molecule has 0 spiro atoms. The first-order valence-corrected chi connectivity index (χ1v) is 5.60. The van der Waals surface area contributed by atoms with Gasteiger partial charge in [0, 0.05) is 18.7 Å². The Labute approximate surface area is 102 Å². The highest BCUT2D eigenvalue weighted by molar-refractivity contribution is 8.13. The van der Waals surface area contributed by atoms with Crippen molar-refractivity contribution in [1.82, 2.24) is 4.98 Å². The predicted molar refractivity (Wildman–Crippen MR) is 65.6 cm³/mol. The number of aromatic carboxylic acids is 1. The smallest absolute Gasteiger partial charge is 0.339 e. The third-order valence-corrected chi connectivity index (χ3v) is 2.42. The highest BCUT2D eigenvalue weighted by Gasteiger charge is 2.08. The number of anilines is 1. The van der Waals surface area contributed by atoms with Crippen LogP contribution in [0.4, 0.5) is 5.82 Å². The maximum atomic E-state index is 10.8. The molecule has 0 unspecified atom stereocenters. The maximum Gasteiger partial charge on any atom is 0.339 e. The van der Waals surface area contributed by atoms with E-state index in [1.165, 1.54) is 19.2 Å². The van der Waals surface area contributed by atoms with Crippen molar-refractivity contribution in [2.45, 2.75) is 6.92 Å². The monoisotopic (exact) mass is 250 g/mol. The SMILES string of the molecule is CC(=O)SCC#Cc1cnc(N)c(C(=O)O)c1. The van der Waals surface area contributed by atoms with E-state index < -0.39 is 5.97 Å². The van der Waals surface area contributed by atoms with Gasteiger partial charge >= 0.3 is 5.97 Å². The van der Waals surface area contributed by atoms with Crippen LogP contribution >= 0.6 is 11.8 Å². The summed E-state index contributed by atoms with van der Waals surface area (Å²) >= 11 is 1.09. The van der Waals surface area contributed by atoms with Crippen molar-refractivity contribution < 1.29 is 14.7 Å². The average Bonchev–Trinajstić information content (AvgIpc) is 2.25. The molecule has 0 saturated carbocycles. The van der Waals surface area contributed by atoms with Crippen molar-refractivity contribution in [3.63, 3.8) is 0 Å². The molecule has 5 nitrogen and oxygen atoms in total. The lowest BCUT2D eigenvalue weighted by atomic mass is 10.2. The van der Waals surface area contributed by atoms with Crippen LogP contribution in [-0.2, 0) is 4.79 Å². The molecule has 0 aliphatic carbocycles. The number of pyridine rings is 1.